The van der Waals surface area contributed by atoms with Gasteiger partial charge < -0.3 is 4.90 Å². The number of hydrogen-bond donors (Lipinski definition) is 0. The summed E-state index contributed by atoms with van der Waals surface area (Å²) in [6, 6.07) is 0. The number of aldehydes is 1. The molecule has 1 aliphatic rings. The fourth-order valence-corrected chi connectivity index (χ4v) is 0.939. The Hall–Kier alpha value is -1.31. The predicted molar refractivity (Wildman–Crippen MR) is 45.1 cm³/mol. The van der Waals surface area contributed by atoms with E-state index in [0.29, 0.717) is 0 Å². The summed E-state index contributed by atoms with van der Waals surface area (Å²) < 4.78 is 0. The van der Waals surface area contributed by atoms with Crippen LogP contribution >= 0.6 is 0 Å². The number of nitrogens with zero attached hydrogens (tertiary/aromatic N) is 1. The average Bonchev–Trinajstić information content (AvgIpc) is 2.03. The Kier molecular flexibility index (Phi) is 2.66. The molecule has 0 aliphatic carbocycles. The molecule has 1 aliphatic heterocycles. The molecule has 0 amide bonds. The van der Waals surface area contributed by atoms with Gasteiger partial charge in [-0.2, -0.15) is 0 Å². The maximum atomic E-state index is 10.0. The van der Waals surface area contributed by atoms with Gasteiger partial charge >= 0.3 is 0 Å². The summed E-state index contributed by atoms with van der Waals surface area (Å²) in [6.45, 7) is 0.912. The number of rotatable bonds is 2. The van der Waals surface area contributed by atoms with Crippen LogP contribution < -0.4 is 0 Å². The van der Waals surface area contributed by atoms with Crippen LogP contribution in [-0.2, 0) is 4.79 Å². The van der Waals surface area contributed by atoms with Crippen molar-refractivity contribution in [3.63, 3.8) is 0 Å². The first kappa shape index (κ1) is 7.79. The first-order valence-electron chi connectivity index (χ1n) is 3.54. The summed E-state index contributed by atoms with van der Waals surface area (Å²) in [7, 11) is 1.99. The molecule has 0 fully saturated rings. The van der Waals surface area contributed by atoms with Crippen LogP contribution in [0.1, 0.15) is 0 Å². The summed E-state index contributed by atoms with van der Waals surface area (Å²) in [5.74, 6) is 0. The van der Waals surface area contributed by atoms with Crippen LogP contribution in [0, 0.1) is 0 Å². The van der Waals surface area contributed by atoms with E-state index in [0.717, 1.165) is 18.5 Å². The summed E-state index contributed by atoms with van der Waals surface area (Å²) in [5, 5.41) is 0. The quantitative estimate of drug-likeness (QED) is 0.433. The Labute approximate surface area is 66.5 Å². The van der Waals surface area contributed by atoms with Crippen molar-refractivity contribution in [1.29, 1.82) is 0 Å². The van der Waals surface area contributed by atoms with Gasteiger partial charge in [-0.1, -0.05) is 12.2 Å². The maximum Gasteiger partial charge on any atom is 0.142 e. The van der Waals surface area contributed by atoms with E-state index >= 15 is 0 Å². The molecule has 0 atom stereocenters. The number of carbonyl (C=O) groups is 1. The van der Waals surface area contributed by atoms with Crippen LogP contribution in [0.2, 0.25) is 0 Å². The lowest BCUT2D eigenvalue weighted by Gasteiger charge is -2.20. The molecule has 0 bridgehead atoms. The lowest BCUT2D eigenvalue weighted by Crippen LogP contribution is -2.18. The van der Waals surface area contributed by atoms with Gasteiger partial charge in [-0.05, 0) is 18.2 Å². The first-order chi connectivity index (χ1) is 5.34. The van der Waals surface area contributed by atoms with Gasteiger partial charge in [0.1, 0.15) is 6.29 Å². The number of likely N-dealkylation sites (N-methyl/N-ethyl adjacent to an activating group) is 1. The highest BCUT2D eigenvalue weighted by atomic mass is 16.1. The zero-order chi connectivity index (χ0) is 8.10. The Morgan fingerprint density at radius 1 is 1.64 bits per heavy atom. The lowest BCUT2D eigenvalue weighted by atomic mass is 10.2. The molecule has 2 heteroatoms. The van der Waals surface area contributed by atoms with E-state index < -0.39 is 0 Å². The summed E-state index contributed by atoms with van der Waals surface area (Å²) in [4.78, 5) is 12.1. The van der Waals surface area contributed by atoms with Crippen molar-refractivity contribution in [1.82, 2.24) is 4.90 Å². The summed E-state index contributed by atoms with van der Waals surface area (Å²) in [6.07, 6.45) is 10.1. The topological polar surface area (TPSA) is 20.3 Å². The van der Waals surface area contributed by atoms with Crippen molar-refractivity contribution in [3.8, 4) is 0 Å². The van der Waals surface area contributed by atoms with Gasteiger partial charge in [0.25, 0.3) is 0 Å². The largest absolute Gasteiger partial charge is 0.371 e. The minimum atomic E-state index is 0.785. The monoisotopic (exact) mass is 149 g/mol. The second kappa shape index (κ2) is 3.76. The molecule has 0 saturated heterocycles. The van der Waals surface area contributed by atoms with Crippen molar-refractivity contribution >= 4 is 6.29 Å². The van der Waals surface area contributed by atoms with E-state index in [1.54, 1.807) is 6.08 Å². The molecule has 2 nitrogen and oxygen atoms in total. The zero-order valence-corrected chi connectivity index (χ0v) is 6.53. The molecule has 0 aromatic rings. The minimum Gasteiger partial charge on any atom is -0.371 e. The Bertz CT molecular complexity index is 226. The highest BCUT2D eigenvalue weighted by Crippen LogP contribution is 2.07. The lowest BCUT2D eigenvalue weighted by molar-refractivity contribution is -0.104. The molecule has 0 radical (unpaired) electrons. The fourth-order valence-electron chi connectivity index (χ4n) is 0.939. The van der Waals surface area contributed by atoms with Crippen molar-refractivity contribution in [3.05, 3.63) is 36.1 Å². The van der Waals surface area contributed by atoms with Gasteiger partial charge in [-0.15, -0.1) is 0 Å². The maximum absolute atomic E-state index is 10.0. The molecule has 0 spiro atoms. The third-order valence-electron chi connectivity index (χ3n) is 1.57. The highest BCUT2D eigenvalue weighted by molar-refractivity contribution is 5.65. The number of carbonyl (C=O) groups excluding carboxylic acids is 1. The second-order valence-corrected chi connectivity index (χ2v) is 2.40. The molecular weight excluding hydrogens is 138 g/mol. The van der Waals surface area contributed by atoms with Crippen molar-refractivity contribution in [2.75, 3.05) is 13.6 Å². The van der Waals surface area contributed by atoms with Gasteiger partial charge in [0.2, 0.25) is 0 Å². The van der Waals surface area contributed by atoms with Crippen LogP contribution in [0.3, 0.4) is 0 Å². The van der Waals surface area contributed by atoms with Crippen LogP contribution in [0.25, 0.3) is 0 Å². The van der Waals surface area contributed by atoms with E-state index in [2.05, 4.69) is 11.0 Å². The summed E-state index contributed by atoms with van der Waals surface area (Å²) >= 11 is 0. The average molecular weight is 149 g/mol. The first-order valence-corrected chi connectivity index (χ1v) is 3.54. The molecule has 0 saturated carbocycles. The Morgan fingerprint density at radius 3 is 3.09 bits per heavy atom. The van der Waals surface area contributed by atoms with Gasteiger partial charge in [0, 0.05) is 19.3 Å². The summed E-state index contributed by atoms with van der Waals surface area (Å²) in [5.41, 5.74) is 1.07. The van der Waals surface area contributed by atoms with E-state index in [9.17, 15) is 4.79 Å². The molecule has 0 aromatic heterocycles. The smallest absolute Gasteiger partial charge is 0.142 e. The molecule has 0 unspecified atom stereocenters. The van der Waals surface area contributed by atoms with Crippen LogP contribution in [0.15, 0.2) is 36.1 Å². The molecule has 0 N–H and O–H groups in total. The normalized spacial score (nSPS) is 17.2. The van der Waals surface area contributed by atoms with Gasteiger partial charge in [-0.25, -0.2) is 0 Å². The molecular formula is C9H11NO. The van der Waals surface area contributed by atoms with Crippen molar-refractivity contribution < 1.29 is 4.79 Å². The molecule has 1 heterocycles. The standard InChI is InChI=1S/C9H11NO/c1-10-7-3-2-5-9(10)6-4-8-11/h2-6,8H,7H2,1H3. The third-order valence-corrected chi connectivity index (χ3v) is 1.57. The van der Waals surface area contributed by atoms with Gasteiger partial charge in [0.05, 0.1) is 0 Å². The van der Waals surface area contributed by atoms with E-state index in [1.807, 2.05) is 19.2 Å². The zero-order valence-electron chi connectivity index (χ0n) is 6.53. The fraction of sp³-hybridized carbons (Fsp3) is 0.222. The van der Waals surface area contributed by atoms with Crippen LogP contribution in [0.4, 0.5) is 0 Å². The number of hydrogen-bond acceptors (Lipinski definition) is 2. The Morgan fingerprint density at radius 2 is 2.45 bits per heavy atom. The van der Waals surface area contributed by atoms with Gasteiger partial charge in [-0.3, -0.25) is 4.79 Å². The van der Waals surface area contributed by atoms with Crippen LogP contribution in [-0.4, -0.2) is 24.8 Å². The molecule has 0 aromatic carbocycles. The highest BCUT2D eigenvalue weighted by Gasteiger charge is 1.99. The van der Waals surface area contributed by atoms with Crippen molar-refractivity contribution in [2.24, 2.45) is 0 Å². The van der Waals surface area contributed by atoms with Crippen LogP contribution in [0.5, 0.6) is 0 Å². The van der Waals surface area contributed by atoms with Gasteiger partial charge in [0.15, 0.2) is 0 Å². The molecule has 1 rings (SSSR count). The third kappa shape index (κ3) is 2.08. The second-order valence-electron chi connectivity index (χ2n) is 2.40. The van der Waals surface area contributed by atoms with Crippen molar-refractivity contribution in [2.45, 2.75) is 0 Å². The van der Waals surface area contributed by atoms with E-state index in [1.165, 1.54) is 6.08 Å². The molecule has 11 heavy (non-hydrogen) atoms. The minimum absolute atomic E-state index is 0.785. The van der Waals surface area contributed by atoms with E-state index in [-0.39, 0.29) is 0 Å². The number of allylic oxidation sites excluding steroid dienone is 4. The SMILES string of the molecule is CN1CC=CC=C1C=CC=O. The predicted octanol–water partition coefficient (Wildman–Crippen LogP) is 1.13. The Balaban J connectivity index is 2.67. The van der Waals surface area contributed by atoms with E-state index in [4.69, 9.17) is 0 Å². The molecule has 58 valence electrons.